The number of nitrogens with zero attached hydrogens (tertiary/aromatic N) is 2. The standard InChI is InChI=1S/C25H30Cl2F3N3O4S/c1-6-21(23(35)31-24(2,3)4)32(14-16-10-11-19(26)20(27)12-16)22(34)15-33(38(5,36)37)18-9-7-8-17(13-18)25(28,29)30/h7-13,21H,6,14-15H2,1-5H3,(H,31,35). The minimum Gasteiger partial charge on any atom is -0.350 e. The number of sulfonamides is 1. The van der Waals surface area contributed by atoms with Crippen molar-refractivity contribution in [2.24, 2.45) is 0 Å². The third kappa shape index (κ3) is 8.78. The number of hydrogen-bond donors (Lipinski definition) is 1. The molecule has 0 aromatic heterocycles. The molecule has 0 aliphatic heterocycles. The van der Waals surface area contributed by atoms with Gasteiger partial charge in [-0.15, -0.1) is 0 Å². The molecule has 13 heteroatoms. The zero-order chi connectivity index (χ0) is 29.1. The molecule has 2 aromatic carbocycles. The fraction of sp³-hybridized carbons (Fsp3) is 0.440. The molecule has 0 saturated heterocycles. The van der Waals surface area contributed by atoms with Crippen LogP contribution in [0, 0.1) is 0 Å². The van der Waals surface area contributed by atoms with E-state index < -0.39 is 51.7 Å². The van der Waals surface area contributed by atoms with Gasteiger partial charge in [0.05, 0.1) is 27.6 Å². The molecule has 1 atom stereocenters. The van der Waals surface area contributed by atoms with Crippen molar-refractivity contribution in [1.82, 2.24) is 10.2 Å². The van der Waals surface area contributed by atoms with Gasteiger partial charge in [0, 0.05) is 12.1 Å². The van der Waals surface area contributed by atoms with Crippen LogP contribution in [-0.4, -0.2) is 49.5 Å². The van der Waals surface area contributed by atoms with E-state index >= 15 is 0 Å². The van der Waals surface area contributed by atoms with Crippen LogP contribution in [0.2, 0.25) is 10.0 Å². The van der Waals surface area contributed by atoms with E-state index in [-0.39, 0.29) is 28.7 Å². The number of halogens is 5. The van der Waals surface area contributed by atoms with Crippen molar-refractivity contribution in [3.63, 3.8) is 0 Å². The molecular formula is C25H30Cl2F3N3O4S. The van der Waals surface area contributed by atoms with Crippen LogP contribution in [0.15, 0.2) is 42.5 Å². The van der Waals surface area contributed by atoms with Gasteiger partial charge in [-0.3, -0.25) is 13.9 Å². The maximum Gasteiger partial charge on any atom is 0.416 e. The van der Waals surface area contributed by atoms with Crippen molar-refractivity contribution in [3.05, 3.63) is 63.6 Å². The summed E-state index contributed by atoms with van der Waals surface area (Å²) in [7, 11) is -4.20. The van der Waals surface area contributed by atoms with Gasteiger partial charge >= 0.3 is 6.18 Å². The van der Waals surface area contributed by atoms with Crippen molar-refractivity contribution in [2.75, 3.05) is 17.1 Å². The van der Waals surface area contributed by atoms with E-state index in [0.717, 1.165) is 24.5 Å². The second kappa shape index (κ2) is 12.1. The molecule has 7 nitrogen and oxygen atoms in total. The van der Waals surface area contributed by atoms with E-state index in [4.69, 9.17) is 23.2 Å². The molecule has 210 valence electrons. The number of benzene rings is 2. The number of nitrogens with one attached hydrogen (secondary N) is 1. The molecule has 2 amide bonds. The minimum atomic E-state index is -4.72. The van der Waals surface area contributed by atoms with E-state index in [1.54, 1.807) is 33.8 Å². The Kier molecular flexibility index (Phi) is 10.1. The summed E-state index contributed by atoms with van der Waals surface area (Å²) in [6.45, 7) is 6.02. The molecule has 0 heterocycles. The second-order valence-electron chi connectivity index (χ2n) is 9.75. The SMILES string of the molecule is CCC(C(=O)NC(C)(C)C)N(Cc1ccc(Cl)c(Cl)c1)C(=O)CN(c1cccc(C(F)(F)F)c1)S(C)(=O)=O. The summed E-state index contributed by atoms with van der Waals surface area (Å²) in [5.74, 6) is -1.27. The Bertz CT molecular complexity index is 1280. The van der Waals surface area contributed by atoms with Crippen molar-refractivity contribution in [3.8, 4) is 0 Å². The van der Waals surface area contributed by atoms with Crippen molar-refractivity contribution in [2.45, 2.75) is 58.4 Å². The summed E-state index contributed by atoms with van der Waals surface area (Å²) < 4.78 is 65.7. The van der Waals surface area contributed by atoms with Crippen LogP contribution in [0.25, 0.3) is 0 Å². The first kappa shape index (κ1) is 31.7. The smallest absolute Gasteiger partial charge is 0.350 e. The Labute approximate surface area is 230 Å². The van der Waals surface area contributed by atoms with Crippen LogP contribution >= 0.6 is 23.2 Å². The number of hydrogen-bond acceptors (Lipinski definition) is 4. The van der Waals surface area contributed by atoms with Crippen LogP contribution < -0.4 is 9.62 Å². The molecule has 0 aliphatic carbocycles. The molecule has 1 unspecified atom stereocenters. The van der Waals surface area contributed by atoms with Gasteiger partial charge in [0.25, 0.3) is 0 Å². The Morgan fingerprint density at radius 1 is 1.03 bits per heavy atom. The Morgan fingerprint density at radius 2 is 1.66 bits per heavy atom. The first-order valence-electron chi connectivity index (χ1n) is 11.5. The van der Waals surface area contributed by atoms with Gasteiger partial charge < -0.3 is 10.2 Å². The fourth-order valence-corrected chi connectivity index (χ4v) is 4.82. The molecule has 1 N–H and O–H groups in total. The monoisotopic (exact) mass is 595 g/mol. The third-order valence-electron chi connectivity index (χ3n) is 5.36. The molecule has 2 rings (SSSR count). The van der Waals surface area contributed by atoms with E-state index in [0.29, 0.717) is 15.9 Å². The van der Waals surface area contributed by atoms with Crippen LogP contribution in [-0.2, 0) is 32.3 Å². The molecule has 0 aliphatic rings. The predicted octanol–water partition coefficient (Wildman–Crippen LogP) is 5.50. The predicted molar refractivity (Wildman–Crippen MR) is 143 cm³/mol. The third-order valence-corrected chi connectivity index (χ3v) is 7.24. The summed E-state index contributed by atoms with van der Waals surface area (Å²) in [4.78, 5) is 28.0. The summed E-state index contributed by atoms with van der Waals surface area (Å²) >= 11 is 12.1. The number of carbonyl (C=O) groups excluding carboxylic acids is 2. The molecule has 2 aromatic rings. The molecule has 38 heavy (non-hydrogen) atoms. The summed E-state index contributed by atoms with van der Waals surface area (Å²) in [6.07, 6.45) is -3.76. The normalized spacial score (nSPS) is 13.1. The van der Waals surface area contributed by atoms with Gasteiger partial charge in [-0.2, -0.15) is 13.2 Å². The van der Waals surface area contributed by atoms with Crippen molar-refractivity contribution >= 4 is 50.7 Å². The van der Waals surface area contributed by atoms with Crippen molar-refractivity contribution in [1.29, 1.82) is 0 Å². The van der Waals surface area contributed by atoms with Gasteiger partial charge in [-0.05, 0) is 63.1 Å². The van der Waals surface area contributed by atoms with E-state index in [1.807, 2.05) is 0 Å². The first-order valence-corrected chi connectivity index (χ1v) is 14.1. The number of alkyl halides is 3. The van der Waals surface area contributed by atoms with Crippen LogP contribution in [0.3, 0.4) is 0 Å². The lowest BCUT2D eigenvalue weighted by Crippen LogP contribution is -2.55. The molecule has 0 spiro atoms. The minimum absolute atomic E-state index is 0.133. The molecular weight excluding hydrogens is 566 g/mol. The zero-order valence-corrected chi connectivity index (χ0v) is 23.9. The maximum atomic E-state index is 13.6. The largest absolute Gasteiger partial charge is 0.416 e. The molecule has 0 bridgehead atoms. The fourth-order valence-electron chi connectivity index (χ4n) is 3.66. The second-order valence-corrected chi connectivity index (χ2v) is 12.5. The topological polar surface area (TPSA) is 86.8 Å². The van der Waals surface area contributed by atoms with Crippen molar-refractivity contribution < 1.29 is 31.2 Å². The number of anilines is 1. The van der Waals surface area contributed by atoms with Crippen LogP contribution in [0.4, 0.5) is 18.9 Å². The highest BCUT2D eigenvalue weighted by atomic mass is 35.5. The zero-order valence-electron chi connectivity index (χ0n) is 21.6. The molecule has 0 radical (unpaired) electrons. The highest BCUT2D eigenvalue weighted by molar-refractivity contribution is 7.92. The Balaban J connectivity index is 2.53. The average molecular weight is 596 g/mol. The summed E-state index contributed by atoms with van der Waals surface area (Å²) in [5.41, 5.74) is -1.52. The lowest BCUT2D eigenvalue weighted by Gasteiger charge is -2.34. The number of rotatable bonds is 9. The Hall–Kier alpha value is -2.50. The van der Waals surface area contributed by atoms with E-state index in [2.05, 4.69) is 5.32 Å². The van der Waals surface area contributed by atoms with Gasteiger partial charge in [0.15, 0.2) is 0 Å². The lowest BCUT2D eigenvalue weighted by molar-refractivity contribution is -0.141. The van der Waals surface area contributed by atoms with Gasteiger partial charge in [-0.25, -0.2) is 8.42 Å². The quantitative estimate of drug-likeness (QED) is 0.414. The van der Waals surface area contributed by atoms with Crippen LogP contribution in [0.1, 0.15) is 45.2 Å². The van der Waals surface area contributed by atoms with E-state index in [1.165, 1.54) is 17.0 Å². The molecule has 0 saturated carbocycles. The summed E-state index contributed by atoms with van der Waals surface area (Å²) in [6, 6.07) is 7.29. The van der Waals surface area contributed by atoms with Gasteiger partial charge in [0.1, 0.15) is 12.6 Å². The number of carbonyl (C=O) groups is 2. The Morgan fingerprint density at radius 3 is 2.16 bits per heavy atom. The summed E-state index contributed by atoms with van der Waals surface area (Å²) in [5, 5.41) is 3.30. The molecule has 0 fully saturated rings. The average Bonchev–Trinajstić information content (AvgIpc) is 2.77. The highest BCUT2D eigenvalue weighted by Gasteiger charge is 2.35. The first-order chi connectivity index (χ1) is 17.3. The lowest BCUT2D eigenvalue weighted by atomic mass is 10.1. The van der Waals surface area contributed by atoms with Gasteiger partial charge in [-0.1, -0.05) is 42.3 Å². The maximum absolute atomic E-state index is 13.6. The highest BCUT2D eigenvalue weighted by Crippen LogP contribution is 2.32. The van der Waals surface area contributed by atoms with Crippen LogP contribution in [0.5, 0.6) is 0 Å². The van der Waals surface area contributed by atoms with E-state index in [9.17, 15) is 31.2 Å². The number of amides is 2. The van der Waals surface area contributed by atoms with Gasteiger partial charge in [0.2, 0.25) is 21.8 Å².